The number of fused-ring (bicyclic) bond motifs is 2. The summed E-state index contributed by atoms with van der Waals surface area (Å²) in [6, 6.07) is 6.89. The normalized spacial score (nSPS) is 13.8. The zero-order valence-corrected chi connectivity index (χ0v) is 25.4. The van der Waals surface area contributed by atoms with Crippen molar-refractivity contribution in [2.45, 2.75) is 65.6 Å². The number of aryl methyl sites for hydroxylation is 2. The van der Waals surface area contributed by atoms with Crippen LogP contribution < -0.4 is 10.1 Å². The van der Waals surface area contributed by atoms with Crippen molar-refractivity contribution in [2.24, 2.45) is 7.05 Å². The van der Waals surface area contributed by atoms with Crippen molar-refractivity contribution < 1.29 is 28.6 Å². The van der Waals surface area contributed by atoms with Crippen LogP contribution in [0.4, 0.5) is 4.39 Å². The standard InChI is InChI=1S/C33H37FN4O5/c1-18-21-10-8-14-42-28(21)24(34)15-22(18)27-23-16-25(31(39)36-13-11-20-9-7-12-35-17-20)38(6)30(23)37-19(2)26(27)29(32(40)41)43-33(3,4)5/h7,9,12,15-17,29H,8,10-11,13-14H2,1-6H3,(H,36,39)(H,40,41)/t29-/m0/s1. The Labute approximate surface area is 250 Å². The number of aromatic nitrogens is 3. The molecule has 226 valence electrons. The van der Waals surface area contributed by atoms with Gasteiger partial charge < -0.3 is 24.5 Å². The first-order chi connectivity index (χ1) is 20.4. The Morgan fingerprint density at radius 3 is 2.70 bits per heavy atom. The van der Waals surface area contributed by atoms with Gasteiger partial charge in [0.05, 0.1) is 12.2 Å². The van der Waals surface area contributed by atoms with E-state index in [4.69, 9.17) is 14.5 Å². The number of nitrogens with zero attached hydrogens (tertiary/aromatic N) is 3. The molecule has 1 aromatic carbocycles. The number of hydrogen-bond donors (Lipinski definition) is 2. The Morgan fingerprint density at radius 2 is 2.02 bits per heavy atom. The Kier molecular flexibility index (Phi) is 8.25. The summed E-state index contributed by atoms with van der Waals surface area (Å²) in [5.41, 5.74) is 4.29. The molecule has 3 aromatic heterocycles. The number of ether oxygens (including phenoxy) is 2. The van der Waals surface area contributed by atoms with Crippen molar-refractivity contribution in [3.05, 3.63) is 76.1 Å². The number of aliphatic carboxylic acids is 1. The third-order valence-corrected chi connectivity index (χ3v) is 7.72. The molecule has 0 fully saturated rings. The Morgan fingerprint density at radius 1 is 1.26 bits per heavy atom. The highest BCUT2D eigenvalue weighted by Gasteiger charge is 2.34. The number of pyridine rings is 2. The van der Waals surface area contributed by atoms with Gasteiger partial charge in [-0.05, 0) is 88.8 Å². The van der Waals surface area contributed by atoms with E-state index >= 15 is 4.39 Å². The van der Waals surface area contributed by atoms with E-state index in [1.54, 1.807) is 57.8 Å². The number of carboxylic acid groups (broad SMARTS) is 1. The number of hydrogen-bond acceptors (Lipinski definition) is 6. The van der Waals surface area contributed by atoms with Gasteiger partial charge in [0.2, 0.25) is 0 Å². The van der Waals surface area contributed by atoms with Gasteiger partial charge in [-0.15, -0.1) is 0 Å². The number of nitrogens with one attached hydrogen (secondary N) is 1. The lowest BCUT2D eigenvalue weighted by atomic mass is 9.86. The number of halogens is 1. The zero-order valence-electron chi connectivity index (χ0n) is 25.4. The molecule has 0 bridgehead atoms. The Hall–Kier alpha value is -4.31. The van der Waals surface area contributed by atoms with E-state index in [-0.39, 0.29) is 11.7 Å². The van der Waals surface area contributed by atoms with E-state index in [2.05, 4.69) is 10.3 Å². The van der Waals surface area contributed by atoms with Crippen molar-refractivity contribution in [3.8, 4) is 16.9 Å². The van der Waals surface area contributed by atoms with Crippen LogP contribution in [0.3, 0.4) is 0 Å². The average molecular weight is 589 g/mol. The summed E-state index contributed by atoms with van der Waals surface area (Å²) in [5, 5.41) is 13.9. The van der Waals surface area contributed by atoms with Crippen molar-refractivity contribution in [2.75, 3.05) is 13.2 Å². The van der Waals surface area contributed by atoms with E-state index in [9.17, 15) is 14.7 Å². The summed E-state index contributed by atoms with van der Waals surface area (Å²) >= 11 is 0. The highest BCUT2D eigenvalue weighted by Crippen LogP contribution is 2.44. The fourth-order valence-electron chi connectivity index (χ4n) is 5.75. The maximum atomic E-state index is 15.6. The van der Waals surface area contributed by atoms with E-state index < -0.39 is 23.5 Å². The molecule has 0 unspecified atom stereocenters. The summed E-state index contributed by atoms with van der Waals surface area (Å²) in [7, 11) is 1.74. The topological polar surface area (TPSA) is 116 Å². The molecule has 43 heavy (non-hydrogen) atoms. The molecule has 5 rings (SSSR count). The first-order valence-corrected chi connectivity index (χ1v) is 14.4. The highest BCUT2D eigenvalue weighted by molar-refractivity contribution is 6.04. The number of carboxylic acids is 1. The van der Waals surface area contributed by atoms with Crippen LogP contribution in [0.5, 0.6) is 5.75 Å². The predicted molar refractivity (Wildman–Crippen MR) is 161 cm³/mol. The predicted octanol–water partition coefficient (Wildman–Crippen LogP) is 5.63. The molecule has 0 aliphatic carbocycles. The summed E-state index contributed by atoms with van der Waals surface area (Å²) in [6.07, 6.45) is 4.05. The molecular weight excluding hydrogens is 551 g/mol. The molecular formula is C33H37FN4O5. The van der Waals surface area contributed by atoms with Crippen LogP contribution >= 0.6 is 0 Å². The van der Waals surface area contributed by atoms with Crippen molar-refractivity contribution in [3.63, 3.8) is 0 Å². The van der Waals surface area contributed by atoms with E-state index in [1.807, 2.05) is 19.1 Å². The van der Waals surface area contributed by atoms with Crippen molar-refractivity contribution >= 4 is 22.9 Å². The summed E-state index contributed by atoms with van der Waals surface area (Å²) < 4.78 is 29.0. The molecule has 1 atom stereocenters. The van der Waals surface area contributed by atoms with Crippen LogP contribution in [-0.2, 0) is 29.4 Å². The van der Waals surface area contributed by atoms with Gasteiger partial charge in [-0.1, -0.05) is 6.07 Å². The number of carbonyl (C=O) groups is 2. The minimum absolute atomic E-state index is 0.235. The van der Waals surface area contributed by atoms with Gasteiger partial charge in [0.25, 0.3) is 5.91 Å². The summed E-state index contributed by atoms with van der Waals surface area (Å²) in [6.45, 7) is 9.78. The van der Waals surface area contributed by atoms with Gasteiger partial charge in [0, 0.05) is 53.8 Å². The van der Waals surface area contributed by atoms with E-state index in [0.717, 1.165) is 23.1 Å². The number of rotatable bonds is 8. The molecule has 0 saturated carbocycles. The first-order valence-electron chi connectivity index (χ1n) is 14.4. The van der Waals surface area contributed by atoms with Crippen molar-refractivity contribution in [1.29, 1.82) is 0 Å². The first kappa shape index (κ1) is 30.2. The van der Waals surface area contributed by atoms with Gasteiger partial charge in [-0.25, -0.2) is 14.2 Å². The Bertz CT molecular complexity index is 1710. The quantitative estimate of drug-likeness (QED) is 0.274. The fourth-order valence-corrected chi connectivity index (χ4v) is 5.75. The van der Waals surface area contributed by atoms with Gasteiger partial charge in [0.1, 0.15) is 11.3 Å². The third kappa shape index (κ3) is 5.97. The molecule has 0 saturated heterocycles. The van der Waals surface area contributed by atoms with E-state index in [1.165, 1.54) is 6.07 Å². The van der Waals surface area contributed by atoms with Gasteiger partial charge in [-0.3, -0.25) is 9.78 Å². The maximum absolute atomic E-state index is 15.6. The third-order valence-electron chi connectivity index (χ3n) is 7.72. The fraction of sp³-hybridized carbons (Fsp3) is 0.394. The van der Waals surface area contributed by atoms with Crippen LogP contribution in [0.1, 0.15) is 71.7 Å². The summed E-state index contributed by atoms with van der Waals surface area (Å²) in [4.78, 5) is 35.0. The van der Waals surface area contributed by atoms with Crippen LogP contribution in [0.15, 0.2) is 36.7 Å². The molecule has 1 aliphatic rings. The molecule has 1 amide bonds. The van der Waals surface area contributed by atoms with Gasteiger partial charge in [0.15, 0.2) is 17.7 Å². The second-order valence-corrected chi connectivity index (χ2v) is 11.9. The number of carbonyl (C=O) groups excluding carboxylic acids is 1. The zero-order chi connectivity index (χ0) is 31.1. The largest absolute Gasteiger partial charge is 0.490 e. The van der Waals surface area contributed by atoms with Crippen LogP contribution in [0.2, 0.25) is 0 Å². The molecule has 0 spiro atoms. The molecule has 1 aliphatic heterocycles. The lowest BCUT2D eigenvalue weighted by molar-refractivity contribution is -0.160. The van der Waals surface area contributed by atoms with Gasteiger partial charge in [-0.2, -0.15) is 0 Å². The van der Waals surface area contributed by atoms with Crippen LogP contribution in [-0.4, -0.2) is 50.3 Å². The summed E-state index contributed by atoms with van der Waals surface area (Å²) in [5.74, 6) is -1.78. The number of benzene rings is 1. The average Bonchev–Trinajstić information content (AvgIpc) is 3.29. The highest BCUT2D eigenvalue weighted by atomic mass is 19.1. The molecule has 4 aromatic rings. The van der Waals surface area contributed by atoms with Gasteiger partial charge >= 0.3 is 5.97 Å². The second-order valence-electron chi connectivity index (χ2n) is 11.9. The monoisotopic (exact) mass is 588 g/mol. The molecule has 4 heterocycles. The van der Waals surface area contributed by atoms with Crippen molar-refractivity contribution in [1.82, 2.24) is 19.9 Å². The number of amides is 1. The minimum atomic E-state index is -1.39. The lowest BCUT2D eigenvalue weighted by Gasteiger charge is -2.29. The maximum Gasteiger partial charge on any atom is 0.337 e. The smallest absolute Gasteiger partial charge is 0.337 e. The molecule has 2 N–H and O–H groups in total. The Balaban J connectivity index is 1.70. The van der Waals surface area contributed by atoms with Crippen LogP contribution in [0.25, 0.3) is 22.2 Å². The van der Waals surface area contributed by atoms with E-state index in [0.29, 0.717) is 65.1 Å². The minimum Gasteiger partial charge on any atom is -0.490 e. The molecule has 0 radical (unpaired) electrons. The second kappa shape index (κ2) is 11.8. The molecule has 10 heteroatoms. The SMILES string of the molecule is Cc1nc2c(cc(C(=O)NCCc3cccnc3)n2C)c(-c2cc(F)c3c(c2C)CCCO3)c1[C@H](OC(C)(C)C)C(=O)O. The van der Waals surface area contributed by atoms with Crippen LogP contribution in [0, 0.1) is 19.7 Å². The lowest BCUT2D eigenvalue weighted by Crippen LogP contribution is -2.28. The molecule has 9 nitrogen and oxygen atoms in total.